The van der Waals surface area contributed by atoms with E-state index in [-0.39, 0.29) is 17.5 Å². The van der Waals surface area contributed by atoms with Crippen LogP contribution in [-0.2, 0) is 6.54 Å². The Morgan fingerprint density at radius 3 is 2.55 bits per heavy atom. The van der Waals surface area contributed by atoms with Crippen LogP contribution < -0.4 is 4.74 Å². The molecule has 0 spiro atoms. The van der Waals surface area contributed by atoms with Crippen LogP contribution in [0.4, 0.5) is 0 Å². The van der Waals surface area contributed by atoms with E-state index >= 15 is 0 Å². The van der Waals surface area contributed by atoms with E-state index in [1.54, 1.807) is 0 Å². The number of aromatic hydroxyl groups is 2. The lowest BCUT2D eigenvalue weighted by atomic mass is 10.1. The molecule has 0 atom stereocenters. The van der Waals surface area contributed by atoms with Crippen LogP contribution in [0, 0.1) is 0 Å². The second-order valence-electron chi connectivity index (χ2n) is 5.31. The summed E-state index contributed by atoms with van der Waals surface area (Å²) in [5, 5.41) is 22.3. The number of nitrogens with zero attached hydrogens (tertiary/aromatic N) is 1. The van der Waals surface area contributed by atoms with Gasteiger partial charge in [0.2, 0.25) is 5.88 Å². The summed E-state index contributed by atoms with van der Waals surface area (Å²) < 4.78 is 7.19. The summed E-state index contributed by atoms with van der Waals surface area (Å²) in [4.78, 5) is 0. The van der Waals surface area contributed by atoms with Crippen LogP contribution in [-0.4, -0.2) is 14.8 Å². The molecule has 0 unspecified atom stereocenters. The molecule has 0 saturated heterocycles. The number of unbranched alkanes of at least 4 members (excludes halogenated alkanes) is 1. The van der Waals surface area contributed by atoms with E-state index in [2.05, 4.69) is 6.92 Å². The average molecular weight is 297 g/mol. The third-order valence-electron chi connectivity index (χ3n) is 3.70. The van der Waals surface area contributed by atoms with Crippen LogP contribution in [0.2, 0.25) is 0 Å². The molecule has 22 heavy (non-hydrogen) atoms. The minimum Gasteiger partial charge on any atom is -0.494 e. The number of benzene rings is 2. The molecule has 4 nitrogen and oxygen atoms in total. The highest BCUT2D eigenvalue weighted by Gasteiger charge is 2.15. The maximum atomic E-state index is 10.2. The van der Waals surface area contributed by atoms with Crippen LogP contribution in [0.5, 0.6) is 23.3 Å². The summed E-state index contributed by atoms with van der Waals surface area (Å²) in [5.74, 6) is 0.867. The first kappa shape index (κ1) is 14.3. The monoisotopic (exact) mass is 297 g/mol. The van der Waals surface area contributed by atoms with E-state index in [0.29, 0.717) is 12.3 Å². The second kappa shape index (κ2) is 6.02. The molecule has 2 N–H and O–H groups in total. The summed E-state index contributed by atoms with van der Waals surface area (Å²) in [6.45, 7) is 2.62. The second-order valence-corrected chi connectivity index (χ2v) is 5.31. The van der Waals surface area contributed by atoms with Gasteiger partial charge in [0.05, 0.1) is 0 Å². The van der Waals surface area contributed by atoms with Crippen molar-refractivity contribution in [2.75, 3.05) is 0 Å². The van der Waals surface area contributed by atoms with Gasteiger partial charge < -0.3 is 14.9 Å². The molecule has 2 aromatic carbocycles. The predicted molar refractivity (Wildman–Crippen MR) is 86.7 cm³/mol. The van der Waals surface area contributed by atoms with Gasteiger partial charge in [-0.05, 0) is 29.3 Å². The fourth-order valence-electron chi connectivity index (χ4n) is 2.47. The van der Waals surface area contributed by atoms with Crippen molar-refractivity contribution < 1.29 is 14.9 Å². The van der Waals surface area contributed by atoms with Crippen LogP contribution in [0.15, 0.2) is 48.5 Å². The van der Waals surface area contributed by atoms with E-state index in [9.17, 15) is 10.2 Å². The van der Waals surface area contributed by atoms with Gasteiger partial charge in [-0.15, -0.1) is 0 Å². The van der Waals surface area contributed by atoms with Crippen molar-refractivity contribution in [1.82, 2.24) is 4.57 Å². The molecule has 1 heterocycles. The minimum atomic E-state index is -0.0425. The van der Waals surface area contributed by atoms with E-state index in [1.165, 1.54) is 10.6 Å². The van der Waals surface area contributed by atoms with E-state index < -0.39 is 0 Å². The molecule has 0 radical (unpaired) electrons. The summed E-state index contributed by atoms with van der Waals surface area (Å²) in [6, 6.07) is 15.2. The lowest BCUT2D eigenvalue weighted by Gasteiger charge is -2.07. The fourth-order valence-corrected chi connectivity index (χ4v) is 2.47. The van der Waals surface area contributed by atoms with Crippen LogP contribution in [0.3, 0.4) is 0 Å². The Labute approximate surface area is 129 Å². The topological polar surface area (TPSA) is 54.6 Å². The first-order chi connectivity index (χ1) is 10.7. The maximum Gasteiger partial charge on any atom is 0.238 e. The van der Waals surface area contributed by atoms with Crippen LogP contribution in [0.1, 0.15) is 19.8 Å². The molecule has 1 aromatic heterocycles. The van der Waals surface area contributed by atoms with Crippen molar-refractivity contribution in [2.24, 2.45) is 0 Å². The van der Waals surface area contributed by atoms with E-state index in [1.807, 2.05) is 42.5 Å². The summed E-state index contributed by atoms with van der Waals surface area (Å²) in [6.07, 6.45) is 1.86. The normalized spacial score (nSPS) is 11.0. The zero-order valence-electron chi connectivity index (χ0n) is 12.5. The smallest absolute Gasteiger partial charge is 0.238 e. The Bertz CT molecular complexity index is 792. The summed E-state index contributed by atoms with van der Waals surface area (Å²) >= 11 is 0. The molecule has 0 fully saturated rings. The van der Waals surface area contributed by atoms with Crippen molar-refractivity contribution in [3.05, 3.63) is 48.5 Å². The number of fused-ring (bicyclic) bond motifs is 1. The Morgan fingerprint density at radius 1 is 1.00 bits per heavy atom. The van der Waals surface area contributed by atoms with Gasteiger partial charge in [0.15, 0.2) is 11.6 Å². The number of hydrogen-bond donors (Lipinski definition) is 2. The molecule has 0 amide bonds. The van der Waals surface area contributed by atoms with Crippen molar-refractivity contribution in [3.8, 4) is 23.3 Å². The predicted octanol–water partition coefficient (Wildman–Crippen LogP) is 4.64. The molecule has 3 rings (SSSR count). The third-order valence-corrected chi connectivity index (χ3v) is 3.70. The Kier molecular flexibility index (Phi) is 3.92. The standard InChI is InChI=1S/C18H19NO3/c1-2-3-10-19-17(20)12-16(18(19)21)22-15-9-8-13-6-4-5-7-14(13)11-15/h4-9,11-12,20-21H,2-3,10H2,1H3. The van der Waals surface area contributed by atoms with Crippen molar-refractivity contribution in [2.45, 2.75) is 26.3 Å². The quantitative estimate of drug-likeness (QED) is 0.721. The molecule has 114 valence electrons. The van der Waals surface area contributed by atoms with E-state index in [4.69, 9.17) is 4.74 Å². The number of aromatic nitrogens is 1. The number of ether oxygens (including phenoxy) is 1. The lowest BCUT2D eigenvalue weighted by molar-refractivity contribution is 0.351. The van der Waals surface area contributed by atoms with Gasteiger partial charge in [-0.1, -0.05) is 43.7 Å². The fraction of sp³-hybridized carbons (Fsp3) is 0.222. The van der Waals surface area contributed by atoms with Gasteiger partial charge in [0, 0.05) is 12.6 Å². The van der Waals surface area contributed by atoms with Gasteiger partial charge in [-0.25, -0.2) is 0 Å². The Balaban J connectivity index is 1.88. The molecule has 0 aliphatic heterocycles. The number of hydrogen-bond acceptors (Lipinski definition) is 3. The number of rotatable bonds is 5. The zero-order valence-corrected chi connectivity index (χ0v) is 12.5. The van der Waals surface area contributed by atoms with Gasteiger partial charge in [-0.3, -0.25) is 4.57 Å². The first-order valence-corrected chi connectivity index (χ1v) is 7.47. The third kappa shape index (κ3) is 2.72. The van der Waals surface area contributed by atoms with Gasteiger partial charge in [-0.2, -0.15) is 0 Å². The zero-order chi connectivity index (χ0) is 15.5. The lowest BCUT2D eigenvalue weighted by Crippen LogP contribution is -1.96. The van der Waals surface area contributed by atoms with Gasteiger partial charge in [0.25, 0.3) is 0 Å². The molecule has 0 saturated carbocycles. The molecule has 3 aromatic rings. The van der Waals surface area contributed by atoms with Gasteiger partial charge in [0.1, 0.15) is 5.75 Å². The van der Waals surface area contributed by atoms with Crippen molar-refractivity contribution >= 4 is 10.8 Å². The molecule has 0 bridgehead atoms. The highest BCUT2D eigenvalue weighted by Crippen LogP contribution is 2.38. The molecular weight excluding hydrogens is 278 g/mol. The molecule has 0 aliphatic rings. The Hall–Kier alpha value is -2.62. The highest BCUT2D eigenvalue weighted by molar-refractivity contribution is 5.83. The molecular formula is C18H19NO3. The van der Waals surface area contributed by atoms with Crippen molar-refractivity contribution in [1.29, 1.82) is 0 Å². The van der Waals surface area contributed by atoms with Crippen LogP contribution in [0.25, 0.3) is 10.8 Å². The molecule has 4 heteroatoms. The average Bonchev–Trinajstić information content (AvgIpc) is 2.79. The van der Waals surface area contributed by atoms with Crippen molar-refractivity contribution in [3.63, 3.8) is 0 Å². The van der Waals surface area contributed by atoms with E-state index in [0.717, 1.165) is 23.6 Å². The minimum absolute atomic E-state index is 0.0155. The highest BCUT2D eigenvalue weighted by atomic mass is 16.5. The van der Waals surface area contributed by atoms with Gasteiger partial charge >= 0.3 is 0 Å². The molecule has 0 aliphatic carbocycles. The van der Waals surface area contributed by atoms with Crippen LogP contribution >= 0.6 is 0 Å². The summed E-state index contributed by atoms with van der Waals surface area (Å²) in [5.41, 5.74) is 0. The largest absolute Gasteiger partial charge is 0.494 e. The maximum absolute atomic E-state index is 10.2. The Morgan fingerprint density at radius 2 is 1.77 bits per heavy atom. The first-order valence-electron chi connectivity index (χ1n) is 7.47. The summed E-state index contributed by atoms with van der Waals surface area (Å²) in [7, 11) is 0. The SMILES string of the molecule is CCCCn1c(O)cc(Oc2ccc3ccccc3c2)c1O.